The summed E-state index contributed by atoms with van der Waals surface area (Å²) >= 11 is 1.72. The molecule has 1 aromatic rings. The molecule has 1 aromatic carbocycles. The zero-order valence-electron chi connectivity index (χ0n) is 13.2. The van der Waals surface area contributed by atoms with E-state index < -0.39 is 5.60 Å². The third kappa shape index (κ3) is 5.91. The summed E-state index contributed by atoms with van der Waals surface area (Å²) < 4.78 is 5.37. The van der Waals surface area contributed by atoms with Crippen molar-refractivity contribution in [3.05, 3.63) is 66.8 Å². The number of thioether (sulfide) groups is 1. The largest absolute Gasteiger partial charge is 0.444 e. The zero-order chi connectivity index (χ0) is 16.0. The Morgan fingerprint density at radius 2 is 1.82 bits per heavy atom. The van der Waals surface area contributed by atoms with Crippen LogP contribution in [0.5, 0.6) is 0 Å². The highest BCUT2D eigenvalue weighted by atomic mass is 32.2. The molecule has 1 atom stereocenters. The highest BCUT2D eigenvalue weighted by Crippen LogP contribution is 2.36. The second-order valence-electron chi connectivity index (χ2n) is 6.04. The number of amides is 1. The van der Waals surface area contributed by atoms with Gasteiger partial charge in [0.1, 0.15) is 5.60 Å². The van der Waals surface area contributed by atoms with Crippen LogP contribution in [0.3, 0.4) is 0 Å². The molecule has 0 bridgehead atoms. The minimum Gasteiger partial charge on any atom is -0.444 e. The van der Waals surface area contributed by atoms with Gasteiger partial charge in [-0.3, -0.25) is 0 Å². The van der Waals surface area contributed by atoms with E-state index in [1.165, 1.54) is 5.25 Å². The first kappa shape index (κ1) is 17.2. The molecule has 22 heavy (non-hydrogen) atoms. The van der Waals surface area contributed by atoms with Crippen molar-refractivity contribution in [3.8, 4) is 0 Å². The number of alkyl carbamates (subject to hydrolysis) is 1. The van der Waals surface area contributed by atoms with Crippen LogP contribution in [0.2, 0.25) is 0 Å². The van der Waals surface area contributed by atoms with Crippen LogP contribution in [0.1, 0.15) is 32.4 Å². The van der Waals surface area contributed by atoms with Gasteiger partial charge >= 0.3 is 6.09 Å². The predicted octanol–water partition coefficient (Wildman–Crippen LogP) is 4.35. The Hall–Kier alpha value is -1.16. The second-order valence-corrected chi connectivity index (χ2v) is 7.13. The van der Waals surface area contributed by atoms with Crippen LogP contribution in [0, 0.1) is 30.9 Å². The number of hydrogen-bond donors (Lipinski definition) is 1. The van der Waals surface area contributed by atoms with E-state index in [0.717, 1.165) is 11.3 Å². The maximum atomic E-state index is 12.1. The van der Waals surface area contributed by atoms with Crippen LogP contribution in [0.25, 0.3) is 0 Å². The summed E-state index contributed by atoms with van der Waals surface area (Å²) in [6, 6.07) is 9.88. The van der Waals surface area contributed by atoms with Gasteiger partial charge in [0.05, 0.1) is 6.04 Å². The molecule has 1 N–H and O–H groups in total. The summed E-state index contributed by atoms with van der Waals surface area (Å²) in [5, 5.41) is 4.17. The van der Waals surface area contributed by atoms with Gasteiger partial charge in [-0.1, -0.05) is 30.3 Å². The van der Waals surface area contributed by atoms with Crippen molar-refractivity contribution < 1.29 is 9.53 Å². The average molecular weight is 316 g/mol. The van der Waals surface area contributed by atoms with Crippen molar-refractivity contribution in [2.75, 3.05) is 5.75 Å². The van der Waals surface area contributed by atoms with Gasteiger partial charge in [-0.15, -0.1) is 0 Å². The second kappa shape index (κ2) is 7.91. The monoisotopic (exact) mass is 316 g/mol. The number of nitrogens with one attached hydrogen (secondary N) is 1. The molecule has 5 radical (unpaired) electrons. The summed E-state index contributed by atoms with van der Waals surface area (Å²) in [6.07, 6.45) is 7.78. The maximum Gasteiger partial charge on any atom is 0.408 e. The first-order chi connectivity index (χ1) is 10.4. The predicted molar refractivity (Wildman–Crippen MR) is 91.5 cm³/mol. The zero-order valence-corrected chi connectivity index (χ0v) is 14.0. The fourth-order valence-corrected chi connectivity index (χ4v) is 2.97. The van der Waals surface area contributed by atoms with Crippen molar-refractivity contribution in [3.63, 3.8) is 0 Å². The van der Waals surface area contributed by atoms with Crippen LogP contribution < -0.4 is 5.32 Å². The molecule has 0 aromatic heterocycles. The molecule has 117 valence electrons. The molecule has 0 aliphatic heterocycles. The molecule has 1 amide bonds. The number of carbonyl (C=O) groups is 1. The minimum atomic E-state index is -0.496. The molecule has 3 nitrogen and oxygen atoms in total. The number of rotatable bonds is 5. The Balaban J connectivity index is 1.96. The van der Waals surface area contributed by atoms with Gasteiger partial charge < -0.3 is 10.1 Å². The molecular weight excluding hydrogens is 294 g/mol. The van der Waals surface area contributed by atoms with Crippen LogP contribution in [0.15, 0.2) is 30.3 Å². The highest BCUT2D eigenvalue weighted by molar-refractivity contribution is 8.02. The van der Waals surface area contributed by atoms with Crippen LogP contribution >= 0.6 is 11.8 Å². The lowest BCUT2D eigenvalue weighted by molar-refractivity contribution is 0.0509. The highest BCUT2D eigenvalue weighted by Gasteiger charge is 2.23. The Bertz CT molecular complexity index is 464. The van der Waals surface area contributed by atoms with Crippen molar-refractivity contribution in [2.24, 2.45) is 0 Å². The molecule has 0 heterocycles. The van der Waals surface area contributed by atoms with E-state index in [9.17, 15) is 4.79 Å². The average Bonchev–Trinajstić information content (AvgIpc) is 2.95. The fourth-order valence-electron chi connectivity index (χ4n) is 1.99. The molecule has 0 unspecified atom stereocenters. The van der Waals surface area contributed by atoms with Gasteiger partial charge in [0, 0.05) is 11.0 Å². The molecule has 1 fully saturated rings. The normalized spacial score (nSPS) is 17.2. The number of ether oxygens (including phenoxy) is 1. The SMILES string of the molecule is CC(C)(C)OC(=O)N[C@H](CS[C]1[CH][CH][CH][CH]1)c1ccccc1. The van der Waals surface area contributed by atoms with Crippen molar-refractivity contribution >= 4 is 17.9 Å². The molecule has 1 aliphatic rings. The molecule has 4 heteroatoms. The number of benzene rings is 1. The third-order valence-electron chi connectivity index (χ3n) is 2.94. The van der Waals surface area contributed by atoms with Gasteiger partial charge in [0.2, 0.25) is 0 Å². The van der Waals surface area contributed by atoms with E-state index in [4.69, 9.17) is 4.74 Å². The van der Waals surface area contributed by atoms with Gasteiger partial charge in [0.15, 0.2) is 0 Å². The van der Waals surface area contributed by atoms with Gasteiger partial charge in [-0.25, -0.2) is 4.79 Å². The van der Waals surface area contributed by atoms with Gasteiger partial charge in [-0.2, -0.15) is 11.8 Å². The van der Waals surface area contributed by atoms with E-state index in [1.54, 1.807) is 11.8 Å². The lowest BCUT2D eigenvalue weighted by atomic mass is 10.1. The van der Waals surface area contributed by atoms with E-state index >= 15 is 0 Å². The molecular formula is C18H22NO2S. The summed E-state index contributed by atoms with van der Waals surface area (Å²) in [5.41, 5.74) is 0.580. The fraction of sp³-hybridized carbons (Fsp3) is 0.333. The van der Waals surface area contributed by atoms with Crippen LogP contribution in [-0.2, 0) is 4.74 Å². The van der Waals surface area contributed by atoms with Crippen molar-refractivity contribution in [1.82, 2.24) is 5.32 Å². The lowest BCUT2D eigenvalue weighted by Gasteiger charge is -2.24. The van der Waals surface area contributed by atoms with Crippen LogP contribution in [-0.4, -0.2) is 17.4 Å². The minimum absolute atomic E-state index is 0.0871. The molecule has 1 aliphatic carbocycles. The maximum absolute atomic E-state index is 12.1. The number of carbonyl (C=O) groups excluding carboxylic acids is 1. The molecule has 0 spiro atoms. The molecule has 2 rings (SSSR count). The first-order valence-electron chi connectivity index (χ1n) is 7.33. The van der Waals surface area contributed by atoms with E-state index in [2.05, 4.69) is 18.2 Å². The van der Waals surface area contributed by atoms with Crippen molar-refractivity contribution in [1.29, 1.82) is 0 Å². The Morgan fingerprint density at radius 3 is 2.41 bits per heavy atom. The topological polar surface area (TPSA) is 38.3 Å². The summed E-state index contributed by atoms with van der Waals surface area (Å²) in [5.74, 6) is 0.757. The third-order valence-corrected chi connectivity index (χ3v) is 4.05. The lowest BCUT2D eigenvalue weighted by Crippen LogP contribution is -2.36. The van der Waals surface area contributed by atoms with E-state index in [0.29, 0.717) is 0 Å². The van der Waals surface area contributed by atoms with Crippen LogP contribution in [0.4, 0.5) is 4.79 Å². The Morgan fingerprint density at radius 1 is 1.18 bits per heavy atom. The Labute approximate surface area is 138 Å². The smallest absolute Gasteiger partial charge is 0.408 e. The molecule has 1 saturated carbocycles. The standard InChI is InChI=1S/C18H22NO2S/c1-18(2,3)21-17(20)19-16(14-9-5-4-6-10-14)13-22-15-11-7-8-12-15/h4-12,16H,13H2,1-3H3,(H,19,20)/t16-/m1/s1. The number of hydrogen-bond acceptors (Lipinski definition) is 3. The first-order valence-corrected chi connectivity index (χ1v) is 8.31. The summed E-state index contributed by atoms with van der Waals surface area (Å²) in [7, 11) is 0. The van der Waals surface area contributed by atoms with E-state index in [-0.39, 0.29) is 12.1 Å². The van der Waals surface area contributed by atoms with Crippen molar-refractivity contribution in [2.45, 2.75) is 32.4 Å². The quantitative estimate of drug-likeness (QED) is 0.877. The Kier molecular flexibility index (Phi) is 6.18. The summed E-state index contributed by atoms with van der Waals surface area (Å²) in [6.45, 7) is 5.59. The van der Waals surface area contributed by atoms with Gasteiger partial charge in [0.25, 0.3) is 0 Å². The molecule has 0 saturated heterocycles. The summed E-state index contributed by atoms with van der Waals surface area (Å²) in [4.78, 5) is 12.1. The van der Waals surface area contributed by atoms with E-state index in [1.807, 2.05) is 63.9 Å². The van der Waals surface area contributed by atoms with Gasteiger partial charge in [-0.05, 0) is 52.0 Å².